The Bertz CT molecular complexity index is 1400. The van der Waals surface area contributed by atoms with Crippen LogP contribution in [-0.2, 0) is 28.6 Å². The Morgan fingerprint density at radius 1 is 0.276 bits per heavy atom. The third-order valence-corrected chi connectivity index (χ3v) is 14.5. The molecule has 0 aliphatic heterocycles. The molecule has 0 aromatic carbocycles. The SMILES string of the molecule is CC/C=C\C/C=C\C/C=C\C/C=C\C/C=C\C/C=C\CCCCCCCCCCCCCCC(=O)OCC(COC(=O)CCCCCCCCCCC)OC(=O)CCCCCCCCCCCCCCCCCCCC. The van der Waals surface area contributed by atoms with E-state index >= 15 is 0 Å². The molecule has 0 aromatic rings. The lowest BCUT2D eigenvalue weighted by atomic mass is 10.0. The molecule has 0 aliphatic rings. The van der Waals surface area contributed by atoms with E-state index in [-0.39, 0.29) is 31.1 Å². The van der Waals surface area contributed by atoms with Gasteiger partial charge in [0.05, 0.1) is 0 Å². The monoisotopic (exact) mass is 1060 g/mol. The highest BCUT2D eigenvalue weighted by Gasteiger charge is 2.19. The van der Waals surface area contributed by atoms with Crippen molar-refractivity contribution >= 4 is 17.9 Å². The second-order valence-electron chi connectivity index (χ2n) is 22.0. The molecular formula is C70H124O6. The Balaban J connectivity index is 4.13. The van der Waals surface area contributed by atoms with Crippen LogP contribution in [0.1, 0.15) is 335 Å². The molecule has 0 saturated heterocycles. The van der Waals surface area contributed by atoms with Gasteiger partial charge in [0.25, 0.3) is 0 Å². The predicted octanol–water partition coefficient (Wildman–Crippen LogP) is 22.5. The van der Waals surface area contributed by atoms with Gasteiger partial charge in [0.1, 0.15) is 13.2 Å². The molecule has 6 nitrogen and oxygen atoms in total. The lowest BCUT2D eigenvalue weighted by Gasteiger charge is -2.18. The number of carbonyl (C=O) groups excluding carboxylic acids is 3. The fourth-order valence-corrected chi connectivity index (χ4v) is 9.57. The third-order valence-electron chi connectivity index (χ3n) is 14.5. The molecule has 0 amide bonds. The smallest absolute Gasteiger partial charge is 0.306 e. The summed E-state index contributed by atoms with van der Waals surface area (Å²) in [6.07, 6.45) is 83.6. The second-order valence-corrected chi connectivity index (χ2v) is 22.0. The molecule has 0 bridgehead atoms. The minimum atomic E-state index is -0.771. The Morgan fingerprint density at radius 2 is 0.513 bits per heavy atom. The number of unbranched alkanes of at least 4 members (excludes halogenated alkanes) is 37. The van der Waals surface area contributed by atoms with Crippen molar-refractivity contribution in [1.82, 2.24) is 0 Å². The van der Waals surface area contributed by atoms with E-state index in [4.69, 9.17) is 14.2 Å². The lowest BCUT2D eigenvalue weighted by molar-refractivity contribution is -0.167. The van der Waals surface area contributed by atoms with E-state index in [2.05, 4.69) is 93.7 Å². The number of hydrogen-bond acceptors (Lipinski definition) is 6. The van der Waals surface area contributed by atoms with Crippen molar-refractivity contribution in [1.29, 1.82) is 0 Å². The normalized spacial score (nSPS) is 12.5. The Kier molecular flexibility index (Phi) is 61.7. The molecule has 440 valence electrons. The summed E-state index contributed by atoms with van der Waals surface area (Å²) in [6, 6.07) is 0. The molecule has 0 aromatic heterocycles. The fraction of sp³-hybridized carbons (Fsp3) is 0.786. The van der Waals surface area contributed by atoms with Crippen LogP contribution in [0.4, 0.5) is 0 Å². The van der Waals surface area contributed by atoms with Gasteiger partial charge in [0, 0.05) is 19.3 Å². The standard InChI is InChI=1S/C70H124O6/c1-4-7-10-13-16-19-21-23-25-27-29-30-31-32-33-34-35-36-37-38-39-40-41-43-44-46-48-51-54-57-60-63-69(72)75-66-67(65-74-68(71)62-59-56-53-50-18-15-12-9-6-3)76-70(73)64-61-58-55-52-49-47-45-42-28-26-24-22-20-17-14-11-8-5-2/h7,10,16,19,23,25,29-30,32-33,35-36,67H,4-6,8-9,11-15,17-18,20-22,24,26-28,31,34,37-66H2,1-3H3/b10-7-,19-16-,25-23-,30-29-,33-32-,36-35-. The largest absolute Gasteiger partial charge is 0.462 e. The Morgan fingerprint density at radius 3 is 0.803 bits per heavy atom. The summed E-state index contributed by atoms with van der Waals surface area (Å²) >= 11 is 0. The first-order chi connectivity index (χ1) is 37.5. The zero-order chi connectivity index (χ0) is 55.0. The highest BCUT2D eigenvalue weighted by molar-refractivity contribution is 5.71. The van der Waals surface area contributed by atoms with Crippen LogP contribution in [0, 0.1) is 0 Å². The van der Waals surface area contributed by atoms with E-state index in [1.807, 2.05) is 0 Å². The molecule has 76 heavy (non-hydrogen) atoms. The first-order valence-electron chi connectivity index (χ1n) is 32.9. The van der Waals surface area contributed by atoms with Crippen LogP contribution in [0.25, 0.3) is 0 Å². The first-order valence-corrected chi connectivity index (χ1v) is 32.9. The van der Waals surface area contributed by atoms with E-state index in [9.17, 15) is 14.4 Å². The van der Waals surface area contributed by atoms with Gasteiger partial charge in [-0.1, -0.05) is 318 Å². The molecule has 0 radical (unpaired) electrons. The van der Waals surface area contributed by atoms with Crippen molar-refractivity contribution in [2.24, 2.45) is 0 Å². The average Bonchev–Trinajstić information content (AvgIpc) is 3.42. The highest BCUT2D eigenvalue weighted by atomic mass is 16.6. The zero-order valence-electron chi connectivity index (χ0n) is 50.5. The molecule has 1 atom stereocenters. The average molecular weight is 1060 g/mol. The van der Waals surface area contributed by atoms with Crippen LogP contribution in [0.3, 0.4) is 0 Å². The van der Waals surface area contributed by atoms with Gasteiger partial charge < -0.3 is 14.2 Å². The maximum Gasteiger partial charge on any atom is 0.306 e. The van der Waals surface area contributed by atoms with Gasteiger partial charge in [-0.05, 0) is 70.6 Å². The van der Waals surface area contributed by atoms with E-state index in [0.717, 1.165) is 96.3 Å². The van der Waals surface area contributed by atoms with Gasteiger partial charge in [0.2, 0.25) is 0 Å². The summed E-state index contributed by atoms with van der Waals surface area (Å²) < 4.78 is 16.9. The summed E-state index contributed by atoms with van der Waals surface area (Å²) in [5.74, 6) is -0.856. The Hall–Kier alpha value is -3.15. The van der Waals surface area contributed by atoms with Crippen molar-refractivity contribution in [2.45, 2.75) is 341 Å². The predicted molar refractivity (Wildman–Crippen MR) is 330 cm³/mol. The third kappa shape index (κ3) is 61.7. The molecule has 0 rings (SSSR count). The summed E-state index contributed by atoms with van der Waals surface area (Å²) in [5.41, 5.74) is 0. The molecule has 0 N–H and O–H groups in total. The fourth-order valence-electron chi connectivity index (χ4n) is 9.57. The van der Waals surface area contributed by atoms with Crippen molar-refractivity contribution < 1.29 is 28.6 Å². The van der Waals surface area contributed by atoms with Crippen molar-refractivity contribution in [3.05, 3.63) is 72.9 Å². The molecular weight excluding hydrogens is 937 g/mol. The van der Waals surface area contributed by atoms with E-state index < -0.39 is 6.10 Å². The van der Waals surface area contributed by atoms with Gasteiger partial charge in [0.15, 0.2) is 6.10 Å². The maximum atomic E-state index is 12.9. The molecule has 1 unspecified atom stereocenters. The molecule has 6 heteroatoms. The number of hydrogen-bond donors (Lipinski definition) is 0. The van der Waals surface area contributed by atoms with Crippen molar-refractivity contribution in [3.63, 3.8) is 0 Å². The van der Waals surface area contributed by atoms with E-state index in [1.54, 1.807) is 0 Å². The van der Waals surface area contributed by atoms with Crippen LogP contribution >= 0.6 is 0 Å². The van der Waals surface area contributed by atoms with Crippen LogP contribution < -0.4 is 0 Å². The van der Waals surface area contributed by atoms with Crippen molar-refractivity contribution in [3.8, 4) is 0 Å². The quantitative estimate of drug-likeness (QED) is 0.0261. The van der Waals surface area contributed by atoms with Crippen molar-refractivity contribution in [2.75, 3.05) is 13.2 Å². The van der Waals surface area contributed by atoms with Gasteiger partial charge in [-0.25, -0.2) is 0 Å². The van der Waals surface area contributed by atoms with Crippen LogP contribution in [0.5, 0.6) is 0 Å². The molecule has 0 saturated carbocycles. The van der Waals surface area contributed by atoms with Crippen LogP contribution in [0.2, 0.25) is 0 Å². The number of allylic oxidation sites excluding steroid dienone is 12. The summed E-state index contributed by atoms with van der Waals surface area (Å²) in [7, 11) is 0. The summed E-state index contributed by atoms with van der Waals surface area (Å²) in [5, 5.41) is 0. The van der Waals surface area contributed by atoms with E-state index in [1.165, 1.54) is 199 Å². The highest BCUT2D eigenvalue weighted by Crippen LogP contribution is 2.17. The minimum Gasteiger partial charge on any atom is -0.462 e. The minimum absolute atomic E-state index is 0.0700. The molecule has 0 fully saturated rings. The molecule has 0 aliphatic carbocycles. The number of rotatable bonds is 60. The van der Waals surface area contributed by atoms with Crippen LogP contribution in [0.15, 0.2) is 72.9 Å². The lowest BCUT2D eigenvalue weighted by Crippen LogP contribution is -2.30. The molecule has 0 heterocycles. The number of ether oxygens (including phenoxy) is 3. The van der Waals surface area contributed by atoms with Gasteiger partial charge in [-0.3, -0.25) is 14.4 Å². The van der Waals surface area contributed by atoms with Gasteiger partial charge >= 0.3 is 17.9 Å². The van der Waals surface area contributed by atoms with Gasteiger partial charge in [-0.2, -0.15) is 0 Å². The first kappa shape index (κ1) is 72.8. The summed E-state index contributed by atoms with van der Waals surface area (Å²) in [4.78, 5) is 38.2. The number of esters is 3. The maximum absolute atomic E-state index is 12.9. The Labute approximate surface area is 472 Å². The van der Waals surface area contributed by atoms with Crippen LogP contribution in [-0.4, -0.2) is 37.2 Å². The summed E-state index contributed by atoms with van der Waals surface area (Å²) in [6.45, 7) is 6.55. The second kappa shape index (κ2) is 64.4. The molecule has 0 spiro atoms. The van der Waals surface area contributed by atoms with E-state index in [0.29, 0.717) is 19.3 Å². The zero-order valence-corrected chi connectivity index (χ0v) is 50.5. The topological polar surface area (TPSA) is 78.9 Å². The van der Waals surface area contributed by atoms with Gasteiger partial charge in [-0.15, -0.1) is 0 Å². The number of carbonyl (C=O) groups is 3.